The molecular formula is C7H7I3N2. The third kappa shape index (κ3) is 2.89. The van der Waals surface area contributed by atoms with Crippen LogP contribution >= 0.6 is 67.8 Å². The van der Waals surface area contributed by atoms with Gasteiger partial charge in [0, 0.05) is 5.56 Å². The third-order valence-corrected chi connectivity index (χ3v) is 3.15. The van der Waals surface area contributed by atoms with Crippen molar-refractivity contribution in [2.24, 2.45) is 0 Å². The fourth-order valence-electron chi connectivity index (χ4n) is 0.837. The Morgan fingerprint density at radius 3 is 2.17 bits per heavy atom. The molecule has 66 valence electrons. The van der Waals surface area contributed by atoms with E-state index >= 15 is 0 Å². The van der Waals surface area contributed by atoms with Crippen LogP contribution in [-0.4, -0.2) is 10.2 Å². The van der Waals surface area contributed by atoms with Crippen molar-refractivity contribution in [1.29, 1.82) is 0 Å². The molecule has 0 aliphatic heterocycles. The second-order valence-corrected chi connectivity index (χ2v) is 13.5. The Bertz CT molecular complexity index is 293. The number of rotatable bonds is 1. The average Bonchev–Trinajstić information content (AvgIpc) is 1.92. The van der Waals surface area contributed by atoms with Crippen molar-refractivity contribution in [3.05, 3.63) is 23.0 Å². The highest BCUT2D eigenvalue weighted by Crippen LogP contribution is 2.46. The van der Waals surface area contributed by atoms with Gasteiger partial charge in [-0.05, 0) is 87.7 Å². The topological polar surface area (TPSA) is 25.8 Å². The molecule has 5 heteroatoms. The Morgan fingerprint density at radius 1 is 1.17 bits per heavy atom. The summed E-state index contributed by atoms with van der Waals surface area (Å²) in [7, 11) is 0. The maximum Gasteiger partial charge on any atom is 0.150 e. The van der Waals surface area contributed by atoms with Gasteiger partial charge in [-0.25, -0.2) is 0 Å². The van der Waals surface area contributed by atoms with Crippen LogP contribution in [0.2, 0.25) is 0 Å². The standard InChI is InChI=1S/C7H7I3N2/c1-4-3-6(7(8,9)10)5(2)12-11-4/h3H,1-2H3. The number of halogens is 3. The smallest absolute Gasteiger partial charge is 0.150 e. The van der Waals surface area contributed by atoms with Gasteiger partial charge in [-0.3, -0.25) is 0 Å². The summed E-state index contributed by atoms with van der Waals surface area (Å²) in [5.74, 6) is 0. The predicted molar refractivity (Wildman–Crippen MR) is 75.2 cm³/mol. The van der Waals surface area contributed by atoms with Crippen LogP contribution in [0.25, 0.3) is 0 Å². The van der Waals surface area contributed by atoms with Gasteiger partial charge in [0.2, 0.25) is 0 Å². The van der Waals surface area contributed by atoms with E-state index in [9.17, 15) is 0 Å². The molecule has 0 unspecified atom stereocenters. The SMILES string of the molecule is Cc1cc(C(I)(I)I)c(C)nn1. The minimum atomic E-state index is 0.0814. The first-order valence-corrected chi connectivity index (χ1v) is 6.53. The molecule has 0 aliphatic rings. The van der Waals surface area contributed by atoms with E-state index in [1.54, 1.807) is 0 Å². The number of nitrogens with zero attached hydrogens (tertiary/aromatic N) is 2. The Morgan fingerprint density at radius 2 is 1.75 bits per heavy atom. The summed E-state index contributed by atoms with van der Waals surface area (Å²) >= 11 is 7.17. The van der Waals surface area contributed by atoms with Gasteiger partial charge in [-0.2, -0.15) is 10.2 Å². The summed E-state index contributed by atoms with van der Waals surface area (Å²) in [6, 6.07) is 2.09. The summed E-state index contributed by atoms with van der Waals surface area (Å²) in [5, 5.41) is 8.07. The number of alkyl halides is 3. The van der Waals surface area contributed by atoms with Crippen LogP contribution in [0, 0.1) is 13.8 Å². The molecule has 0 amide bonds. The van der Waals surface area contributed by atoms with Crippen molar-refractivity contribution in [3.63, 3.8) is 0 Å². The van der Waals surface area contributed by atoms with E-state index in [1.165, 1.54) is 5.56 Å². The maximum absolute atomic E-state index is 4.08. The first-order valence-electron chi connectivity index (χ1n) is 3.29. The lowest BCUT2D eigenvalue weighted by molar-refractivity contribution is 0.921. The number of hydrogen-bond acceptors (Lipinski definition) is 2. The number of hydrogen-bond donors (Lipinski definition) is 0. The molecule has 0 aliphatic carbocycles. The summed E-state index contributed by atoms with van der Waals surface area (Å²) in [6.45, 7) is 3.96. The largest absolute Gasteiger partial charge is 0.156 e. The van der Waals surface area contributed by atoms with E-state index in [1.807, 2.05) is 13.8 Å². The van der Waals surface area contributed by atoms with Crippen LogP contribution in [0.5, 0.6) is 0 Å². The van der Waals surface area contributed by atoms with Gasteiger partial charge >= 0.3 is 0 Å². The lowest BCUT2D eigenvalue weighted by Gasteiger charge is -2.14. The molecule has 0 saturated heterocycles. The first-order chi connectivity index (χ1) is 5.41. The van der Waals surface area contributed by atoms with Gasteiger partial charge in [-0.15, -0.1) is 0 Å². The molecule has 0 bridgehead atoms. The molecule has 0 aromatic carbocycles. The number of aromatic nitrogens is 2. The summed E-state index contributed by atoms with van der Waals surface area (Å²) in [5.41, 5.74) is 3.24. The number of aryl methyl sites for hydroxylation is 2. The van der Waals surface area contributed by atoms with E-state index in [2.05, 4.69) is 84.0 Å². The van der Waals surface area contributed by atoms with Gasteiger partial charge in [-0.1, -0.05) is 0 Å². The Kier molecular flexibility index (Phi) is 3.97. The van der Waals surface area contributed by atoms with Crippen LogP contribution in [-0.2, 0) is -0.565 Å². The molecule has 0 radical (unpaired) electrons. The molecule has 0 fully saturated rings. The van der Waals surface area contributed by atoms with Crippen LogP contribution in [0.1, 0.15) is 17.0 Å². The highest BCUT2D eigenvalue weighted by Gasteiger charge is 2.23. The van der Waals surface area contributed by atoms with Gasteiger partial charge in [0.05, 0.1) is 11.4 Å². The van der Waals surface area contributed by atoms with Gasteiger partial charge < -0.3 is 0 Å². The van der Waals surface area contributed by atoms with Crippen molar-refractivity contribution in [1.82, 2.24) is 10.2 Å². The van der Waals surface area contributed by atoms with E-state index < -0.39 is 0 Å². The predicted octanol–water partition coefficient (Wildman–Crippen LogP) is 3.51. The molecule has 12 heavy (non-hydrogen) atoms. The van der Waals surface area contributed by atoms with Crippen LogP contribution < -0.4 is 0 Å². The van der Waals surface area contributed by atoms with Crippen LogP contribution in [0.4, 0.5) is 0 Å². The summed E-state index contributed by atoms with van der Waals surface area (Å²) < 4.78 is 0.0814. The fraction of sp³-hybridized carbons (Fsp3) is 0.429. The Hall–Kier alpha value is 1.27. The quantitative estimate of drug-likeness (QED) is 0.437. The molecule has 1 rings (SSSR count). The summed E-state index contributed by atoms with van der Waals surface area (Å²) in [6.07, 6.45) is 0. The maximum atomic E-state index is 4.08. The normalized spacial score (nSPS) is 11.8. The van der Waals surface area contributed by atoms with E-state index in [0.717, 1.165) is 11.4 Å². The van der Waals surface area contributed by atoms with Gasteiger partial charge in [0.25, 0.3) is 0 Å². The molecule has 1 aromatic rings. The van der Waals surface area contributed by atoms with Crippen molar-refractivity contribution >= 4 is 67.8 Å². The lowest BCUT2D eigenvalue weighted by atomic mass is 10.2. The minimum absolute atomic E-state index is 0.0814. The highest BCUT2D eigenvalue weighted by molar-refractivity contribution is 14.3. The van der Waals surface area contributed by atoms with E-state index in [0.29, 0.717) is 0 Å². The monoisotopic (exact) mass is 500 g/mol. The molecule has 1 heterocycles. The zero-order valence-corrected chi connectivity index (χ0v) is 13.1. The average molecular weight is 500 g/mol. The second kappa shape index (κ2) is 4.20. The highest BCUT2D eigenvalue weighted by atomic mass is 127. The zero-order valence-electron chi connectivity index (χ0n) is 6.61. The fourth-order valence-corrected chi connectivity index (χ4v) is 2.47. The Balaban J connectivity index is 3.23. The summed E-state index contributed by atoms with van der Waals surface area (Å²) in [4.78, 5) is 0. The van der Waals surface area contributed by atoms with Crippen LogP contribution in [0.3, 0.4) is 0 Å². The van der Waals surface area contributed by atoms with Crippen molar-refractivity contribution in [2.45, 2.75) is 13.3 Å². The molecule has 0 atom stereocenters. The molecule has 1 aromatic heterocycles. The Labute approximate surface area is 113 Å². The molecular weight excluding hydrogens is 493 g/mol. The minimum Gasteiger partial charge on any atom is -0.156 e. The van der Waals surface area contributed by atoms with Gasteiger partial charge in [0.15, 0.2) is -0.565 Å². The third-order valence-electron chi connectivity index (χ3n) is 1.41. The van der Waals surface area contributed by atoms with Gasteiger partial charge in [0.1, 0.15) is 0 Å². The first kappa shape index (κ1) is 11.3. The zero-order chi connectivity index (χ0) is 9.35. The van der Waals surface area contributed by atoms with Crippen molar-refractivity contribution in [2.75, 3.05) is 0 Å². The van der Waals surface area contributed by atoms with E-state index in [4.69, 9.17) is 0 Å². The molecule has 0 saturated carbocycles. The molecule has 0 spiro atoms. The van der Waals surface area contributed by atoms with Crippen molar-refractivity contribution < 1.29 is 0 Å². The van der Waals surface area contributed by atoms with E-state index in [-0.39, 0.29) is -0.565 Å². The molecule has 2 nitrogen and oxygen atoms in total. The van der Waals surface area contributed by atoms with Crippen LogP contribution in [0.15, 0.2) is 6.07 Å². The van der Waals surface area contributed by atoms with Crippen molar-refractivity contribution in [3.8, 4) is 0 Å². The second-order valence-electron chi connectivity index (χ2n) is 2.48. The molecule has 0 N–H and O–H groups in total. The lowest BCUT2D eigenvalue weighted by Crippen LogP contribution is -2.04.